The van der Waals surface area contributed by atoms with Crippen molar-refractivity contribution in [3.63, 3.8) is 0 Å². The number of carbonyl (C=O) groups excluding carboxylic acids is 2. The Morgan fingerprint density at radius 3 is 2.65 bits per heavy atom. The Morgan fingerprint density at radius 2 is 2.12 bits per heavy atom. The van der Waals surface area contributed by atoms with Crippen LogP contribution in [0.1, 0.15) is 21.5 Å². The van der Waals surface area contributed by atoms with Crippen molar-refractivity contribution >= 4 is 12.0 Å². The van der Waals surface area contributed by atoms with E-state index in [-0.39, 0.29) is 6.54 Å². The third-order valence-corrected chi connectivity index (χ3v) is 2.18. The van der Waals surface area contributed by atoms with E-state index in [1.165, 1.54) is 13.2 Å². The van der Waals surface area contributed by atoms with Crippen LogP contribution in [-0.2, 0) is 11.3 Å². The molecule has 0 fully saturated rings. The Labute approximate surface area is 97.9 Å². The first-order valence-electron chi connectivity index (χ1n) is 4.86. The number of benzene rings is 1. The summed E-state index contributed by atoms with van der Waals surface area (Å²) in [7, 11) is 1.17. The first-order valence-corrected chi connectivity index (χ1v) is 4.86. The molecule has 1 aromatic carbocycles. The van der Waals surface area contributed by atoms with Gasteiger partial charge in [-0.3, -0.25) is 10.1 Å². The van der Waals surface area contributed by atoms with Crippen molar-refractivity contribution in [1.82, 2.24) is 5.32 Å². The van der Waals surface area contributed by atoms with Gasteiger partial charge >= 0.3 is 6.09 Å². The highest BCUT2D eigenvalue weighted by Crippen LogP contribution is 2.12. The molecule has 1 N–H and O–H groups in total. The predicted molar refractivity (Wildman–Crippen MR) is 60.5 cm³/mol. The molecule has 2 amide bonds. The molecule has 1 rings (SSSR count). The maximum Gasteiger partial charge on any atom is 0.413 e. The molecule has 1 aromatic rings. The van der Waals surface area contributed by atoms with E-state index in [1.54, 1.807) is 19.1 Å². The Hall–Kier alpha value is -2.24. The number of methoxy groups -OCH3 is 1. The van der Waals surface area contributed by atoms with Crippen LogP contribution in [0.4, 0.5) is 4.79 Å². The number of imide groups is 1. The van der Waals surface area contributed by atoms with Crippen LogP contribution in [0.3, 0.4) is 0 Å². The average Bonchev–Trinajstić information content (AvgIpc) is 2.29. The maximum atomic E-state index is 11.6. The third kappa shape index (κ3) is 3.37. The molecule has 6 heteroatoms. The number of ether oxygens (including phenoxy) is 1. The predicted octanol–water partition coefficient (Wildman–Crippen LogP) is 1.76. The molecular formula is C11H12N2O4. The van der Waals surface area contributed by atoms with Crippen molar-refractivity contribution in [1.29, 1.82) is 0 Å². The van der Waals surface area contributed by atoms with Gasteiger partial charge in [0.2, 0.25) is 0 Å². The standard InChI is InChI=1S/C11H12N2O4/c1-7-5-8(6-12-16)3-4-9(7)10(14)13-11(15)17-2/h3-5H,6H2,1-2H3,(H,13,14,15). The number of nitroso groups, excluding NO2 is 1. The van der Waals surface area contributed by atoms with Gasteiger partial charge in [-0.15, -0.1) is 0 Å². The van der Waals surface area contributed by atoms with E-state index < -0.39 is 12.0 Å². The molecule has 17 heavy (non-hydrogen) atoms. The number of aryl methyl sites for hydroxylation is 1. The van der Waals surface area contributed by atoms with E-state index in [1.807, 2.05) is 0 Å². The minimum absolute atomic E-state index is 0.0553. The SMILES string of the molecule is COC(=O)NC(=O)c1ccc(CN=O)cc1C. The number of carbonyl (C=O) groups is 2. The van der Waals surface area contributed by atoms with Gasteiger partial charge in [-0.05, 0) is 24.1 Å². The molecule has 0 unspecified atom stereocenters. The number of nitrogens with zero attached hydrogens (tertiary/aromatic N) is 1. The lowest BCUT2D eigenvalue weighted by molar-refractivity contribution is 0.0936. The normalized spacial score (nSPS) is 9.53. The van der Waals surface area contributed by atoms with Gasteiger partial charge in [0.1, 0.15) is 6.54 Å². The maximum absolute atomic E-state index is 11.6. The monoisotopic (exact) mass is 236 g/mol. The van der Waals surface area contributed by atoms with Crippen LogP contribution in [0.5, 0.6) is 0 Å². The Morgan fingerprint density at radius 1 is 1.41 bits per heavy atom. The van der Waals surface area contributed by atoms with Crippen LogP contribution in [0.25, 0.3) is 0 Å². The summed E-state index contributed by atoms with van der Waals surface area (Å²) in [5.74, 6) is -0.542. The smallest absolute Gasteiger partial charge is 0.413 e. The summed E-state index contributed by atoms with van der Waals surface area (Å²) in [5, 5.41) is 4.81. The second-order valence-electron chi connectivity index (χ2n) is 3.38. The molecule has 90 valence electrons. The molecule has 0 saturated carbocycles. The van der Waals surface area contributed by atoms with Gasteiger partial charge in [0.15, 0.2) is 0 Å². The highest BCUT2D eigenvalue weighted by atomic mass is 16.5. The zero-order valence-corrected chi connectivity index (χ0v) is 9.52. The second kappa shape index (κ2) is 5.74. The van der Waals surface area contributed by atoms with E-state index in [2.05, 4.69) is 15.2 Å². The van der Waals surface area contributed by atoms with Gasteiger partial charge in [-0.25, -0.2) is 4.79 Å². The summed E-state index contributed by atoms with van der Waals surface area (Å²) in [6, 6.07) is 4.82. The van der Waals surface area contributed by atoms with Gasteiger partial charge in [0.05, 0.1) is 7.11 Å². The lowest BCUT2D eigenvalue weighted by Crippen LogP contribution is -2.30. The second-order valence-corrected chi connectivity index (χ2v) is 3.38. The molecule has 0 aliphatic rings. The first kappa shape index (κ1) is 12.8. The van der Waals surface area contributed by atoms with Crippen molar-refractivity contribution in [3.8, 4) is 0 Å². The Balaban J connectivity index is 2.88. The van der Waals surface area contributed by atoms with Gasteiger partial charge in [-0.1, -0.05) is 17.3 Å². The molecule has 0 aliphatic heterocycles. The molecule has 0 aliphatic carbocycles. The number of rotatable bonds is 3. The summed E-state index contributed by atoms with van der Waals surface area (Å²) in [4.78, 5) is 32.6. The number of amides is 2. The van der Waals surface area contributed by atoms with E-state index in [9.17, 15) is 14.5 Å². The minimum Gasteiger partial charge on any atom is -0.453 e. The van der Waals surface area contributed by atoms with Crippen molar-refractivity contribution in [2.45, 2.75) is 13.5 Å². The molecular weight excluding hydrogens is 224 g/mol. The molecule has 0 heterocycles. The summed E-state index contributed by atoms with van der Waals surface area (Å²) in [5.41, 5.74) is 1.73. The summed E-state index contributed by atoms with van der Waals surface area (Å²) < 4.78 is 4.32. The number of alkyl carbamates (subject to hydrolysis) is 1. The average molecular weight is 236 g/mol. The molecule has 0 radical (unpaired) electrons. The van der Waals surface area contributed by atoms with Gasteiger partial charge in [0, 0.05) is 5.56 Å². The fraction of sp³-hybridized carbons (Fsp3) is 0.273. The molecule has 6 nitrogen and oxygen atoms in total. The quantitative estimate of drug-likeness (QED) is 0.810. The molecule has 0 spiro atoms. The Kier molecular flexibility index (Phi) is 4.33. The van der Waals surface area contributed by atoms with Crippen LogP contribution in [0, 0.1) is 11.8 Å². The topological polar surface area (TPSA) is 84.8 Å². The first-order chi connectivity index (χ1) is 8.08. The third-order valence-electron chi connectivity index (χ3n) is 2.18. The fourth-order valence-corrected chi connectivity index (χ4v) is 1.36. The van der Waals surface area contributed by atoms with E-state index >= 15 is 0 Å². The number of hydrogen-bond acceptors (Lipinski definition) is 5. The van der Waals surface area contributed by atoms with Gasteiger partial charge in [0.25, 0.3) is 5.91 Å². The van der Waals surface area contributed by atoms with Crippen molar-refractivity contribution in [3.05, 3.63) is 39.8 Å². The van der Waals surface area contributed by atoms with Crippen LogP contribution >= 0.6 is 0 Å². The van der Waals surface area contributed by atoms with Crippen molar-refractivity contribution in [2.75, 3.05) is 7.11 Å². The van der Waals surface area contributed by atoms with Gasteiger partial charge < -0.3 is 4.74 Å². The highest BCUT2D eigenvalue weighted by Gasteiger charge is 2.12. The van der Waals surface area contributed by atoms with Crippen molar-refractivity contribution < 1.29 is 14.3 Å². The van der Waals surface area contributed by atoms with Crippen LogP contribution in [-0.4, -0.2) is 19.1 Å². The minimum atomic E-state index is -0.812. The molecule has 0 saturated heterocycles. The van der Waals surface area contributed by atoms with Crippen LogP contribution in [0.2, 0.25) is 0 Å². The van der Waals surface area contributed by atoms with Crippen LogP contribution < -0.4 is 5.32 Å². The Bertz CT molecular complexity index is 457. The highest BCUT2D eigenvalue weighted by molar-refractivity contribution is 6.03. The number of hydrogen-bond donors (Lipinski definition) is 1. The molecule has 0 bridgehead atoms. The van der Waals surface area contributed by atoms with Gasteiger partial charge in [-0.2, -0.15) is 4.91 Å². The summed E-state index contributed by atoms with van der Waals surface area (Å²) in [6.07, 6.45) is -0.812. The summed E-state index contributed by atoms with van der Waals surface area (Å²) >= 11 is 0. The van der Waals surface area contributed by atoms with Crippen LogP contribution in [0.15, 0.2) is 23.4 Å². The van der Waals surface area contributed by atoms with E-state index in [4.69, 9.17) is 0 Å². The lowest BCUT2D eigenvalue weighted by atomic mass is 10.0. The zero-order valence-electron chi connectivity index (χ0n) is 9.52. The summed E-state index contributed by atoms with van der Waals surface area (Å²) in [6.45, 7) is 1.76. The van der Waals surface area contributed by atoms with E-state index in [0.29, 0.717) is 16.7 Å². The van der Waals surface area contributed by atoms with Crippen molar-refractivity contribution in [2.24, 2.45) is 5.18 Å². The largest absolute Gasteiger partial charge is 0.453 e. The molecule has 0 aromatic heterocycles. The fourth-order valence-electron chi connectivity index (χ4n) is 1.36. The van der Waals surface area contributed by atoms with E-state index in [0.717, 1.165) is 0 Å². The molecule has 0 atom stereocenters. The zero-order chi connectivity index (χ0) is 12.8. The number of nitrogens with one attached hydrogen (secondary N) is 1. The lowest BCUT2D eigenvalue weighted by Gasteiger charge is -2.06.